The molecule has 2 aromatic rings. The summed E-state index contributed by atoms with van der Waals surface area (Å²) in [6, 6.07) is 17.2. The Balaban J connectivity index is 1.99. The lowest BCUT2D eigenvalue weighted by molar-refractivity contribution is 0.266. The summed E-state index contributed by atoms with van der Waals surface area (Å²) in [4.78, 5) is 0. The van der Waals surface area contributed by atoms with Crippen LogP contribution in [0.25, 0.3) is 0 Å². The van der Waals surface area contributed by atoms with Gasteiger partial charge < -0.3 is 10.1 Å². The molecule has 0 aromatic heterocycles. The molecule has 2 heteroatoms. The Hall–Kier alpha value is -1.80. The van der Waals surface area contributed by atoms with Crippen LogP contribution in [-0.2, 0) is 6.54 Å². The first kappa shape index (κ1) is 16.6. The number of rotatable bonds is 7. The molecule has 0 bridgehead atoms. The summed E-state index contributed by atoms with van der Waals surface area (Å²) in [6.07, 6.45) is 0. The summed E-state index contributed by atoms with van der Waals surface area (Å²) < 4.78 is 5.95. The predicted octanol–water partition coefficient (Wildman–Crippen LogP) is 4.88. The van der Waals surface area contributed by atoms with Gasteiger partial charge >= 0.3 is 0 Å². The van der Waals surface area contributed by atoms with Gasteiger partial charge in [-0.25, -0.2) is 0 Å². The van der Waals surface area contributed by atoms with Crippen molar-refractivity contribution in [3.63, 3.8) is 0 Å². The molecular weight excluding hydrogens is 270 g/mol. The van der Waals surface area contributed by atoms with Gasteiger partial charge in [0.15, 0.2) is 0 Å². The Labute approximate surface area is 134 Å². The third-order valence-corrected chi connectivity index (χ3v) is 3.69. The summed E-state index contributed by atoms with van der Waals surface area (Å²) >= 11 is 0. The van der Waals surface area contributed by atoms with Crippen LogP contribution in [0.2, 0.25) is 0 Å². The molecule has 0 radical (unpaired) electrons. The zero-order valence-corrected chi connectivity index (χ0v) is 14.1. The smallest absolute Gasteiger partial charge is 0.124 e. The Bertz CT molecular complexity index is 575. The van der Waals surface area contributed by atoms with Crippen molar-refractivity contribution in [3.05, 3.63) is 65.2 Å². The molecule has 2 aromatic carbocycles. The SMILES string of the molecule is Cc1ccc(CNC(C)c2ccccc2OCC(C)C)cc1. The Morgan fingerprint density at radius 3 is 2.32 bits per heavy atom. The molecule has 118 valence electrons. The second kappa shape index (κ2) is 8.00. The van der Waals surface area contributed by atoms with Crippen LogP contribution in [0.4, 0.5) is 0 Å². The standard InChI is InChI=1S/C20H27NO/c1-15(2)14-22-20-8-6-5-7-19(20)17(4)21-13-18-11-9-16(3)10-12-18/h5-12,15,17,21H,13-14H2,1-4H3. The molecule has 2 nitrogen and oxygen atoms in total. The molecule has 0 aliphatic carbocycles. The second-order valence-corrected chi connectivity index (χ2v) is 6.33. The average molecular weight is 297 g/mol. The van der Waals surface area contributed by atoms with Gasteiger partial charge in [0.05, 0.1) is 6.61 Å². The summed E-state index contributed by atoms with van der Waals surface area (Å²) in [5, 5.41) is 3.58. The highest BCUT2D eigenvalue weighted by Gasteiger charge is 2.11. The molecule has 1 atom stereocenters. The van der Waals surface area contributed by atoms with E-state index in [2.05, 4.69) is 75.5 Å². The molecule has 1 unspecified atom stereocenters. The van der Waals surface area contributed by atoms with Gasteiger partial charge in [0.1, 0.15) is 5.75 Å². The van der Waals surface area contributed by atoms with Crippen LogP contribution >= 0.6 is 0 Å². The van der Waals surface area contributed by atoms with Crippen molar-refractivity contribution in [3.8, 4) is 5.75 Å². The first-order valence-corrected chi connectivity index (χ1v) is 8.07. The number of hydrogen-bond donors (Lipinski definition) is 1. The van der Waals surface area contributed by atoms with Crippen molar-refractivity contribution in [2.75, 3.05) is 6.61 Å². The van der Waals surface area contributed by atoms with Gasteiger partial charge in [0, 0.05) is 18.2 Å². The van der Waals surface area contributed by atoms with Crippen molar-refractivity contribution in [1.29, 1.82) is 0 Å². The highest BCUT2D eigenvalue weighted by Crippen LogP contribution is 2.25. The Morgan fingerprint density at radius 2 is 1.64 bits per heavy atom. The molecule has 2 rings (SSSR count). The Morgan fingerprint density at radius 1 is 0.955 bits per heavy atom. The van der Waals surface area contributed by atoms with E-state index in [4.69, 9.17) is 4.74 Å². The molecule has 0 aliphatic heterocycles. The first-order chi connectivity index (χ1) is 10.6. The molecule has 0 aliphatic rings. The van der Waals surface area contributed by atoms with E-state index in [1.54, 1.807) is 0 Å². The quantitative estimate of drug-likeness (QED) is 0.786. The van der Waals surface area contributed by atoms with E-state index in [1.165, 1.54) is 16.7 Å². The van der Waals surface area contributed by atoms with Gasteiger partial charge in [-0.15, -0.1) is 0 Å². The van der Waals surface area contributed by atoms with Gasteiger partial charge in [-0.2, -0.15) is 0 Å². The van der Waals surface area contributed by atoms with Crippen molar-refractivity contribution in [2.24, 2.45) is 5.92 Å². The van der Waals surface area contributed by atoms with Crippen molar-refractivity contribution in [1.82, 2.24) is 5.32 Å². The van der Waals surface area contributed by atoms with Crippen molar-refractivity contribution in [2.45, 2.75) is 40.3 Å². The van der Waals surface area contributed by atoms with E-state index >= 15 is 0 Å². The highest BCUT2D eigenvalue weighted by molar-refractivity contribution is 5.35. The number of aryl methyl sites for hydroxylation is 1. The summed E-state index contributed by atoms with van der Waals surface area (Å²) in [5.74, 6) is 1.52. The van der Waals surface area contributed by atoms with Crippen LogP contribution in [-0.4, -0.2) is 6.61 Å². The van der Waals surface area contributed by atoms with E-state index in [-0.39, 0.29) is 6.04 Å². The fourth-order valence-electron chi connectivity index (χ4n) is 2.31. The molecule has 1 N–H and O–H groups in total. The maximum Gasteiger partial charge on any atom is 0.124 e. The monoisotopic (exact) mass is 297 g/mol. The molecule has 22 heavy (non-hydrogen) atoms. The minimum absolute atomic E-state index is 0.254. The van der Waals surface area contributed by atoms with Crippen LogP contribution in [0.1, 0.15) is 43.5 Å². The average Bonchev–Trinajstić information content (AvgIpc) is 2.52. The van der Waals surface area contributed by atoms with Crippen LogP contribution in [0.3, 0.4) is 0 Å². The second-order valence-electron chi connectivity index (χ2n) is 6.33. The van der Waals surface area contributed by atoms with Crippen LogP contribution < -0.4 is 10.1 Å². The van der Waals surface area contributed by atoms with E-state index in [0.717, 1.165) is 18.9 Å². The van der Waals surface area contributed by atoms with Gasteiger partial charge in [-0.05, 0) is 31.4 Å². The summed E-state index contributed by atoms with van der Waals surface area (Å²) in [5.41, 5.74) is 3.82. The van der Waals surface area contributed by atoms with Gasteiger partial charge in [-0.3, -0.25) is 0 Å². The summed E-state index contributed by atoms with van der Waals surface area (Å²) in [6.45, 7) is 10.2. The Kier molecular flexibility index (Phi) is 6.02. The molecule has 0 saturated heterocycles. The third-order valence-electron chi connectivity index (χ3n) is 3.69. The fourth-order valence-corrected chi connectivity index (χ4v) is 2.31. The minimum atomic E-state index is 0.254. The van der Waals surface area contributed by atoms with E-state index in [9.17, 15) is 0 Å². The lowest BCUT2D eigenvalue weighted by atomic mass is 10.1. The first-order valence-electron chi connectivity index (χ1n) is 8.07. The molecule has 0 heterocycles. The lowest BCUT2D eigenvalue weighted by Gasteiger charge is -2.19. The maximum atomic E-state index is 5.95. The number of nitrogens with one attached hydrogen (secondary N) is 1. The van der Waals surface area contributed by atoms with Crippen LogP contribution in [0.5, 0.6) is 5.75 Å². The molecule has 0 fully saturated rings. The number of ether oxygens (including phenoxy) is 1. The van der Waals surface area contributed by atoms with Crippen molar-refractivity contribution < 1.29 is 4.74 Å². The molecule has 0 spiro atoms. The zero-order chi connectivity index (χ0) is 15.9. The normalized spacial score (nSPS) is 12.4. The predicted molar refractivity (Wildman–Crippen MR) is 93.2 cm³/mol. The topological polar surface area (TPSA) is 21.3 Å². The van der Waals surface area contributed by atoms with Crippen LogP contribution in [0.15, 0.2) is 48.5 Å². The van der Waals surface area contributed by atoms with Crippen molar-refractivity contribution >= 4 is 0 Å². The third kappa shape index (κ3) is 4.88. The zero-order valence-electron chi connectivity index (χ0n) is 14.1. The van der Waals surface area contributed by atoms with Gasteiger partial charge in [0.2, 0.25) is 0 Å². The van der Waals surface area contributed by atoms with E-state index in [0.29, 0.717) is 5.92 Å². The fraction of sp³-hybridized carbons (Fsp3) is 0.400. The van der Waals surface area contributed by atoms with E-state index < -0.39 is 0 Å². The molecular formula is C20H27NO. The molecule has 0 amide bonds. The number of para-hydroxylation sites is 1. The number of benzene rings is 2. The maximum absolute atomic E-state index is 5.95. The van der Waals surface area contributed by atoms with E-state index in [1.807, 2.05) is 6.07 Å². The largest absolute Gasteiger partial charge is 0.493 e. The summed E-state index contributed by atoms with van der Waals surface area (Å²) in [7, 11) is 0. The minimum Gasteiger partial charge on any atom is -0.493 e. The lowest BCUT2D eigenvalue weighted by Crippen LogP contribution is -2.19. The van der Waals surface area contributed by atoms with Gasteiger partial charge in [-0.1, -0.05) is 61.9 Å². The number of hydrogen-bond acceptors (Lipinski definition) is 2. The molecule has 0 saturated carbocycles. The van der Waals surface area contributed by atoms with Crippen LogP contribution in [0, 0.1) is 12.8 Å². The highest BCUT2D eigenvalue weighted by atomic mass is 16.5. The van der Waals surface area contributed by atoms with Gasteiger partial charge in [0.25, 0.3) is 0 Å².